The second-order valence-electron chi connectivity index (χ2n) is 5.74. The van der Waals surface area contributed by atoms with Crippen LogP contribution in [0.25, 0.3) is 0 Å². The molecular formula is C16H19ClN4O2. The summed E-state index contributed by atoms with van der Waals surface area (Å²) in [6, 6.07) is 10.6. The Balaban J connectivity index is 0.000000253. The molecule has 0 saturated heterocycles. The minimum absolute atomic E-state index is 0.157. The Labute approximate surface area is 140 Å². The van der Waals surface area contributed by atoms with Gasteiger partial charge in [-0.1, -0.05) is 43.6 Å². The number of hydrogen-bond donors (Lipinski definition) is 2. The van der Waals surface area contributed by atoms with Crippen LogP contribution in [0.2, 0.25) is 5.02 Å². The molecule has 0 aliphatic heterocycles. The van der Waals surface area contributed by atoms with E-state index in [0.29, 0.717) is 10.8 Å². The van der Waals surface area contributed by atoms with Gasteiger partial charge in [-0.25, -0.2) is 0 Å². The lowest BCUT2D eigenvalue weighted by Gasteiger charge is -2.11. The Kier molecular flexibility index (Phi) is 6.76. The molecule has 0 fully saturated rings. The van der Waals surface area contributed by atoms with Gasteiger partial charge in [-0.3, -0.25) is 10.6 Å². The van der Waals surface area contributed by atoms with E-state index >= 15 is 0 Å². The molecule has 0 saturated carbocycles. The zero-order valence-corrected chi connectivity index (χ0v) is 14.0. The number of nitrogen functional groups attached to an aromatic ring is 1. The summed E-state index contributed by atoms with van der Waals surface area (Å²) in [4.78, 5) is 11.2. The first-order valence-corrected chi connectivity index (χ1v) is 7.25. The predicted molar refractivity (Wildman–Crippen MR) is 89.0 cm³/mol. The third kappa shape index (κ3) is 6.10. The van der Waals surface area contributed by atoms with Gasteiger partial charge in [0.05, 0.1) is 6.07 Å². The Morgan fingerprint density at radius 3 is 2.57 bits per heavy atom. The van der Waals surface area contributed by atoms with Crippen molar-refractivity contribution in [1.29, 1.82) is 5.26 Å². The molecule has 0 unspecified atom stereocenters. The molecule has 2 aromatic rings. The summed E-state index contributed by atoms with van der Waals surface area (Å²) in [5, 5.41) is 12.6. The number of halogens is 1. The van der Waals surface area contributed by atoms with E-state index in [1.54, 1.807) is 24.3 Å². The highest BCUT2D eigenvalue weighted by Crippen LogP contribution is 2.22. The van der Waals surface area contributed by atoms with Gasteiger partial charge in [-0.2, -0.15) is 5.26 Å². The molecule has 1 aromatic carbocycles. The third-order valence-corrected chi connectivity index (χ3v) is 3.00. The van der Waals surface area contributed by atoms with E-state index in [9.17, 15) is 4.79 Å². The number of aromatic nitrogens is 1. The van der Waals surface area contributed by atoms with Crippen LogP contribution in [0.1, 0.15) is 43.4 Å². The van der Waals surface area contributed by atoms with Crippen molar-refractivity contribution in [3.05, 3.63) is 46.8 Å². The van der Waals surface area contributed by atoms with Crippen molar-refractivity contribution < 1.29 is 9.32 Å². The summed E-state index contributed by atoms with van der Waals surface area (Å²) >= 11 is 5.63. The van der Waals surface area contributed by atoms with E-state index in [4.69, 9.17) is 27.2 Å². The van der Waals surface area contributed by atoms with Gasteiger partial charge in [0.2, 0.25) is 0 Å². The van der Waals surface area contributed by atoms with E-state index in [0.717, 1.165) is 5.69 Å². The van der Waals surface area contributed by atoms with Gasteiger partial charge in [-0.15, -0.1) is 0 Å². The molecule has 0 atom stereocenters. The van der Waals surface area contributed by atoms with Crippen molar-refractivity contribution in [2.24, 2.45) is 5.84 Å². The lowest BCUT2D eigenvalue weighted by Crippen LogP contribution is -2.09. The first kappa shape index (κ1) is 18.7. The minimum atomic E-state index is -0.299. The van der Waals surface area contributed by atoms with Crippen LogP contribution in [0.3, 0.4) is 0 Å². The molecule has 1 aromatic heterocycles. The summed E-state index contributed by atoms with van der Waals surface area (Å²) < 4.78 is 5.02. The second kappa shape index (κ2) is 8.32. The SMILES string of the molecule is CC(C)(C)c1cc(C(=O)CC#N)no1.NNc1cccc(Cl)c1. The number of anilines is 1. The van der Waals surface area contributed by atoms with Crippen molar-refractivity contribution >= 4 is 23.1 Å². The number of nitrogens with one attached hydrogen (secondary N) is 1. The molecule has 0 amide bonds. The molecule has 0 spiro atoms. The zero-order chi connectivity index (χ0) is 17.5. The quantitative estimate of drug-likeness (QED) is 0.503. The maximum absolute atomic E-state index is 11.2. The van der Waals surface area contributed by atoms with E-state index < -0.39 is 0 Å². The van der Waals surface area contributed by atoms with Gasteiger partial charge in [0.1, 0.15) is 12.2 Å². The summed E-state index contributed by atoms with van der Waals surface area (Å²) in [5.41, 5.74) is 3.37. The average Bonchev–Trinajstić information content (AvgIpc) is 2.98. The number of carbonyl (C=O) groups excluding carboxylic acids is 1. The molecule has 0 radical (unpaired) electrons. The number of ketones is 1. The fourth-order valence-electron chi connectivity index (χ4n) is 1.50. The molecule has 2 rings (SSSR count). The van der Waals surface area contributed by atoms with Crippen LogP contribution in [0.4, 0.5) is 5.69 Å². The van der Waals surface area contributed by atoms with Crippen molar-refractivity contribution in [2.45, 2.75) is 32.6 Å². The van der Waals surface area contributed by atoms with Gasteiger partial charge in [0.15, 0.2) is 11.5 Å². The molecule has 0 bridgehead atoms. The second-order valence-corrected chi connectivity index (χ2v) is 6.18. The summed E-state index contributed by atoms with van der Waals surface area (Å²) in [5.74, 6) is 5.46. The molecule has 7 heteroatoms. The maximum Gasteiger partial charge on any atom is 0.198 e. The minimum Gasteiger partial charge on any atom is -0.360 e. The molecule has 3 N–H and O–H groups in total. The van der Waals surface area contributed by atoms with Crippen LogP contribution >= 0.6 is 11.6 Å². The van der Waals surface area contributed by atoms with Crippen LogP contribution in [-0.2, 0) is 5.41 Å². The lowest BCUT2D eigenvalue weighted by molar-refractivity contribution is 0.0989. The van der Waals surface area contributed by atoms with Crippen molar-refractivity contribution in [2.75, 3.05) is 5.43 Å². The number of nitriles is 1. The number of benzene rings is 1. The van der Waals surface area contributed by atoms with Crippen LogP contribution < -0.4 is 11.3 Å². The van der Waals surface area contributed by atoms with Crippen molar-refractivity contribution in [3.63, 3.8) is 0 Å². The topological polar surface area (TPSA) is 105 Å². The number of hydrogen-bond acceptors (Lipinski definition) is 6. The fraction of sp³-hybridized carbons (Fsp3) is 0.312. The number of nitrogens with zero attached hydrogens (tertiary/aromatic N) is 2. The normalized spacial score (nSPS) is 10.3. The number of hydrazine groups is 1. The van der Waals surface area contributed by atoms with E-state index in [2.05, 4.69) is 10.6 Å². The Morgan fingerprint density at radius 1 is 1.43 bits per heavy atom. The van der Waals surface area contributed by atoms with Gasteiger partial charge >= 0.3 is 0 Å². The van der Waals surface area contributed by atoms with Crippen LogP contribution in [0.15, 0.2) is 34.9 Å². The lowest BCUT2D eigenvalue weighted by atomic mass is 9.93. The van der Waals surface area contributed by atoms with E-state index in [-0.39, 0.29) is 23.3 Å². The third-order valence-electron chi connectivity index (χ3n) is 2.77. The van der Waals surface area contributed by atoms with E-state index in [1.807, 2.05) is 32.9 Å². The first-order valence-electron chi connectivity index (χ1n) is 6.87. The number of nitrogens with two attached hydrogens (primary N) is 1. The molecule has 23 heavy (non-hydrogen) atoms. The molecule has 0 aliphatic rings. The summed E-state index contributed by atoms with van der Waals surface area (Å²) in [6.45, 7) is 5.89. The number of carbonyl (C=O) groups is 1. The average molecular weight is 335 g/mol. The highest BCUT2D eigenvalue weighted by atomic mass is 35.5. The Bertz CT molecular complexity index is 699. The smallest absolute Gasteiger partial charge is 0.198 e. The van der Waals surface area contributed by atoms with Crippen molar-refractivity contribution in [3.8, 4) is 6.07 Å². The standard InChI is InChI=1S/C10H12N2O2.C6H7ClN2/c1-10(2,3)9-6-7(12-14-9)8(13)4-5-11;7-5-2-1-3-6(4-5)9-8/h6H,4H2,1-3H3;1-4,9H,8H2. The van der Waals surface area contributed by atoms with Gasteiger partial charge in [0.25, 0.3) is 0 Å². The summed E-state index contributed by atoms with van der Waals surface area (Å²) in [6.07, 6.45) is -0.157. The van der Waals surface area contributed by atoms with E-state index in [1.165, 1.54) is 0 Å². The highest BCUT2D eigenvalue weighted by Gasteiger charge is 2.21. The largest absolute Gasteiger partial charge is 0.360 e. The molecule has 1 heterocycles. The Hall–Kier alpha value is -2.36. The fourth-order valence-corrected chi connectivity index (χ4v) is 1.69. The predicted octanol–water partition coefficient (Wildman–Crippen LogP) is 3.69. The van der Waals surface area contributed by atoms with Crippen LogP contribution in [0.5, 0.6) is 0 Å². The first-order chi connectivity index (χ1) is 10.8. The maximum atomic E-state index is 11.2. The summed E-state index contributed by atoms with van der Waals surface area (Å²) in [7, 11) is 0. The van der Waals surface area contributed by atoms with Crippen molar-refractivity contribution in [1.82, 2.24) is 5.16 Å². The van der Waals surface area contributed by atoms with Crippen LogP contribution in [0, 0.1) is 11.3 Å². The van der Waals surface area contributed by atoms with Gasteiger partial charge in [0, 0.05) is 22.2 Å². The molecule has 122 valence electrons. The van der Waals surface area contributed by atoms with Gasteiger partial charge < -0.3 is 9.95 Å². The van der Waals surface area contributed by atoms with Crippen LogP contribution in [-0.4, -0.2) is 10.9 Å². The highest BCUT2D eigenvalue weighted by molar-refractivity contribution is 6.30. The molecule has 6 nitrogen and oxygen atoms in total. The zero-order valence-electron chi connectivity index (χ0n) is 13.3. The molecular weight excluding hydrogens is 316 g/mol. The number of rotatable bonds is 3. The van der Waals surface area contributed by atoms with Gasteiger partial charge in [-0.05, 0) is 18.2 Å². The Morgan fingerprint density at radius 2 is 2.13 bits per heavy atom. The monoisotopic (exact) mass is 334 g/mol. The number of Topliss-reactive ketones (excluding diaryl/α,β-unsaturated/α-hetero) is 1. The molecule has 0 aliphatic carbocycles.